The van der Waals surface area contributed by atoms with Gasteiger partial charge in [0.25, 0.3) is 0 Å². The molecule has 19 heavy (non-hydrogen) atoms. The fraction of sp³-hybridized carbons (Fsp3) is 0.583. The molecule has 7 heteroatoms. The van der Waals surface area contributed by atoms with Crippen molar-refractivity contribution in [3.8, 4) is 0 Å². The first kappa shape index (κ1) is 13.9. The van der Waals surface area contributed by atoms with Crippen LogP contribution in [0.5, 0.6) is 0 Å². The lowest BCUT2D eigenvalue weighted by molar-refractivity contribution is -0.137. The zero-order chi connectivity index (χ0) is 13.9. The van der Waals surface area contributed by atoms with Gasteiger partial charge in [-0.15, -0.1) is 0 Å². The van der Waals surface area contributed by atoms with Crippen LogP contribution in [-0.2, 0) is 10.9 Å². The Labute approximate surface area is 109 Å². The summed E-state index contributed by atoms with van der Waals surface area (Å²) in [7, 11) is 1.54. The van der Waals surface area contributed by atoms with E-state index in [4.69, 9.17) is 4.74 Å². The first-order valence-corrected chi connectivity index (χ1v) is 6.07. The molecule has 0 aromatic carbocycles. The van der Waals surface area contributed by atoms with E-state index in [-0.39, 0.29) is 11.6 Å². The summed E-state index contributed by atoms with van der Waals surface area (Å²) in [5, 5.41) is 5.57. The fourth-order valence-corrected chi connectivity index (χ4v) is 1.91. The van der Waals surface area contributed by atoms with Gasteiger partial charge in [0.2, 0.25) is 0 Å². The van der Waals surface area contributed by atoms with Gasteiger partial charge in [0, 0.05) is 26.1 Å². The molecule has 1 saturated heterocycles. The summed E-state index contributed by atoms with van der Waals surface area (Å²) in [6.07, 6.45) is -3.45. The van der Waals surface area contributed by atoms with E-state index < -0.39 is 11.7 Å². The van der Waals surface area contributed by atoms with Crippen LogP contribution in [0, 0.1) is 5.92 Å². The van der Waals surface area contributed by atoms with Crippen molar-refractivity contribution >= 4 is 11.6 Å². The molecule has 1 aromatic heterocycles. The van der Waals surface area contributed by atoms with Crippen LogP contribution in [0.25, 0.3) is 0 Å². The van der Waals surface area contributed by atoms with Crippen molar-refractivity contribution in [3.05, 3.63) is 17.7 Å². The van der Waals surface area contributed by atoms with E-state index in [2.05, 4.69) is 15.6 Å². The number of alkyl halides is 3. The van der Waals surface area contributed by atoms with Crippen molar-refractivity contribution in [1.29, 1.82) is 0 Å². The Morgan fingerprint density at radius 2 is 2.11 bits per heavy atom. The fourth-order valence-electron chi connectivity index (χ4n) is 1.91. The van der Waals surface area contributed by atoms with E-state index in [0.717, 1.165) is 18.6 Å². The summed E-state index contributed by atoms with van der Waals surface area (Å²) in [6.45, 7) is 1.92. The maximum atomic E-state index is 12.7. The molecule has 4 nitrogen and oxygen atoms in total. The summed E-state index contributed by atoms with van der Waals surface area (Å²) in [5.41, 5.74) is -0.711. The molecule has 0 radical (unpaired) electrons. The number of aromatic nitrogens is 1. The summed E-state index contributed by atoms with van der Waals surface area (Å²) in [5.74, 6) is 0.750. The van der Waals surface area contributed by atoms with Gasteiger partial charge in [-0.05, 0) is 18.6 Å². The molecule has 2 N–H and O–H groups in total. The van der Waals surface area contributed by atoms with Gasteiger partial charge in [-0.1, -0.05) is 0 Å². The summed E-state index contributed by atoms with van der Waals surface area (Å²) >= 11 is 0. The highest BCUT2D eigenvalue weighted by molar-refractivity contribution is 5.49. The van der Waals surface area contributed by atoms with Gasteiger partial charge in [-0.3, -0.25) is 0 Å². The number of hydrogen-bond acceptors (Lipinski definition) is 4. The largest absolute Gasteiger partial charge is 0.416 e. The van der Waals surface area contributed by atoms with E-state index in [0.29, 0.717) is 25.7 Å². The molecular weight excluding hydrogens is 259 g/mol. The van der Waals surface area contributed by atoms with E-state index in [1.807, 2.05) is 0 Å². The standard InChI is InChI=1S/C12H16F3N3O/c1-16-10-4-9(12(13,14)15)5-11(18-10)17-6-8-2-3-19-7-8/h4-5,8H,2-3,6-7H2,1H3,(H2,16,17,18). The van der Waals surface area contributed by atoms with Crippen LogP contribution in [0.4, 0.5) is 24.8 Å². The van der Waals surface area contributed by atoms with Gasteiger partial charge in [0.05, 0.1) is 12.2 Å². The monoisotopic (exact) mass is 275 g/mol. The summed E-state index contributed by atoms with van der Waals surface area (Å²) in [6, 6.07) is 2.01. The predicted molar refractivity (Wildman–Crippen MR) is 66.2 cm³/mol. The lowest BCUT2D eigenvalue weighted by Crippen LogP contribution is -2.16. The molecule has 2 heterocycles. The molecule has 1 aliphatic rings. The maximum absolute atomic E-state index is 12.7. The van der Waals surface area contributed by atoms with Crippen LogP contribution >= 0.6 is 0 Å². The lowest BCUT2D eigenvalue weighted by atomic mass is 10.1. The molecule has 0 spiro atoms. The van der Waals surface area contributed by atoms with Crippen LogP contribution in [0.15, 0.2) is 12.1 Å². The van der Waals surface area contributed by atoms with Crippen molar-refractivity contribution in [2.45, 2.75) is 12.6 Å². The van der Waals surface area contributed by atoms with E-state index >= 15 is 0 Å². The second kappa shape index (κ2) is 5.64. The van der Waals surface area contributed by atoms with Gasteiger partial charge >= 0.3 is 6.18 Å². The van der Waals surface area contributed by atoms with Gasteiger partial charge in [-0.25, -0.2) is 4.98 Å². The Kier molecular flexibility index (Phi) is 4.14. The molecule has 0 amide bonds. The highest BCUT2D eigenvalue weighted by Crippen LogP contribution is 2.32. The Balaban J connectivity index is 2.10. The Bertz CT molecular complexity index is 431. The zero-order valence-corrected chi connectivity index (χ0v) is 10.5. The van der Waals surface area contributed by atoms with Gasteiger partial charge < -0.3 is 15.4 Å². The van der Waals surface area contributed by atoms with Crippen LogP contribution in [0.2, 0.25) is 0 Å². The van der Waals surface area contributed by atoms with Crippen LogP contribution in [0.1, 0.15) is 12.0 Å². The molecule has 106 valence electrons. The van der Waals surface area contributed by atoms with Crippen molar-refractivity contribution in [2.24, 2.45) is 5.92 Å². The Hall–Kier alpha value is -1.50. The highest BCUT2D eigenvalue weighted by atomic mass is 19.4. The SMILES string of the molecule is CNc1cc(C(F)(F)F)cc(NCC2CCOC2)n1. The molecular formula is C12H16F3N3O. The molecule has 1 aromatic rings. The first-order chi connectivity index (χ1) is 8.99. The molecule has 0 aliphatic carbocycles. The number of nitrogens with one attached hydrogen (secondary N) is 2. The van der Waals surface area contributed by atoms with Crippen LogP contribution in [0.3, 0.4) is 0 Å². The minimum Gasteiger partial charge on any atom is -0.381 e. The third-order valence-corrected chi connectivity index (χ3v) is 3.00. The van der Waals surface area contributed by atoms with Crippen LogP contribution in [-0.4, -0.2) is 31.8 Å². The smallest absolute Gasteiger partial charge is 0.381 e. The Morgan fingerprint density at radius 1 is 1.37 bits per heavy atom. The topological polar surface area (TPSA) is 46.2 Å². The number of anilines is 2. The highest BCUT2D eigenvalue weighted by Gasteiger charge is 2.31. The van der Waals surface area contributed by atoms with Crippen molar-refractivity contribution in [1.82, 2.24) is 4.98 Å². The average molecular weight is 275 g/mol. The quantitative estimate of drug-likeness (QED) is 0.886. The van der Waals surface area contributed by atoms with Crippen LogP contribution < -0.4 is 10.6 Å². The molecule has 0 saturated carbocycles. The summed E-state index contributed by atoms with van der Waals surface area (Å²) in [4.78, 5) is 4.06. The zero-order valence-electron chi connectivity index (χ0n) is 10.5. The minimum absolute atomic E-state index is 0.194. The molecule has 0 bridgehead atoms. The second-order valence-electron chi connectivity index (χ2n) is 4.48. The van der Waals surface area contributed by atoms with E-state index in [1.165, 1.54) is 7.05 Å². The number of nitrogens with zero attached hydrogens (tertiary/aromatic N) is 1. The molecule has 1 aliphatic heterocycles. The van der Waals surface area contributed by atoms with Gasteiger partial charge in [0.15, 0.2) is 0 Å². The van der Waals surface area contributed by atoms with Crippen molar-refractivity contribution in [2.75, 3.05) is 37.4 Å². The predicted octanol–water partition coefficient (Wildman–Crippen LogP) is 2.59. The van der Waals surface area contributed by atoms with Gasteiger partial charge in [-0.2, -0.15) is 13.2 Å². The Morgan fingerprint density at radius 3 is 2.68 bits per heavy atom. The van der Waals surface area contributed by atoms with E-state index in [1.54, 1.807) is 0 Å². The number of halogens is 3. The van der Waals surface area contributed by atoms with Gasteiger partial charge in [0.1, 0.15) is 11.6 Å². The summed E-state index contributed by atoms with van der Waals surface area (Å²) < 4.78 is 43.4. The average Bonchev–Trinajstić information content (AvgIpc) is 2.88. The number of pyridine rings is 1. The maximum Gasteiger partial charge on any atom is 0.416 e. The normalized spacial score (nSPS) is 19.5. The van der Waals surface area contributed by atoms with E-state index in [9.17, 15) is 13.2 Å². The third-order valence-electron chi connectivity index (χ3n) is 3.00. The molecule has 1 unspecified atom stereocenters. The third kappa shape index (κ3) is 3.73. The minimum atomic E-state index is -4.37. The number of ether oxygens (including phenoxy) is 1. The number of hydrogen-bond donors (Lipinski definition) is 2. The van der Waals surface area contributed by atoms with Crippen molar-refractivity contribution in [3.63, 3.8) is 0 Å². The number of rotatable bonds is 4. The molecule has 2 rings (SSSR count). The molecule has 1 fully saturated rings. The molecule has 1 atom stereocenters. The second-order valence-corrected chi connectivity index (χ2v) is 4.48. The van der Waals surface area contributed by atoms with Crippen molar-refractivity contribution < 1.29 is 17.9 Å². The lowest BCUT2D eigenvalue weighted by Gasteiger charge is -2.14. The first-order valence-electron chi connectivity index (χ1n) is 6.07.